The third-order valence-corrected chi connectivity index (χ3v) is 5.70. The van der Waals surface area contributed by atoms with Gasteiger partial charge in [-0.1, -0.05) is 55.4 Å². The topological polar surface area (TPSA) is 69.0 Å². The molecule has 0 aliphatic carbocycles. The molecule has 0 saturated carbocycles. The van der Waals surface area contributed by atoms with Gasteiger partial charge in [-0.15, -0.1) is 10.2 Å². The second kappa shape index (κ2) is 10.5. The number of thioether (sulfide) groups is 1. The summed E-state index contributed by atoms with van der Waals surface area (Å²) in [6.07, 6.45) is 0. The number of anilines is 1. The number of nitrogens with one attached hydrogen (secondary N) is 1. The molecule has 1 heterocycles. The molecule has 3 rings (SSSR count). The van der Waals surface area contributed by atoms with Crippen molar-refractivity contribution in [3.63, 3.8) is 0 Å². The predicted molar refractivity (Wildman–Crippen MR) is 121 cm³/mol. The van der Waals surface area contributed by atoms with Crippen LogP contribution >= 0.6 is 23.4 Å². The van der Waals surface area contributed by atoms with E-state index in [1.807, 2.05) is 47.9 Å². The van der Waals surface area contributed by atoms with Crippen LogP contribution < -0.4 is 10.1 Å². The Hall–Kier alpha value is -2.51. The van der Waals surface area contributed by atoms with Gasteiger partial charge in [-0.05, 0) is 48.7 Å². The van der Waals surface area contributed by atoms with Crippen LogP contribution in [0.5, 0.6) is 5.75 Å². The number of ether oxygens (including phenoxy) is 1. The fourth-order valence-corrected chi connectivity index (χ4v) is 3.91. The average molecular weight is 445 g/mol. The Morgan fingerprint density at radius 1 is 1.17 bits per heavy atom. The van der Waals surface area contributed by atoms with Crippen molar-refractivity contribution in [3.8, 4) is 5.75 Å². The van der Waals surface area contributed by atoms with E-state index in [1.165, 1.54) is 11.8 Å². The third-order valence-electron chi connectivity index (χ3n) is 4.48. The number of nitrogens with zero attached hydrogens (tertiary/aromatic N) is 3. The molecule has 30 heavy (non-hydrogen) atoms. The number of benzene rings is 2. The molecule has 0 aliphatic heterocycles. The number of halogens is 1. The molecule has 8 heteroatoms. The largest absolute Gasteiger partial charge is 0.486 e. The number of amides is 1. The van der Waals surface area contributed by atoms with Crippen molar-refractivity contribution in [2.45, 2.75) is 45.0 Å². The number of rotatable bonds is 9. The molecular formula is C22H25ClN4O2S. The highest BCUT2D eigenvalue weighted by atomic mass is 35.5. The molecule has 0 bridgehead atoms. The highest BCUT2D eigenvalue weighted by Gasteiger charge is 2.15. The average Bonchev–Trinajstić information content (AvgIpc) is 3.14. The molecule has 1 N–H and O–H groups in total. The third kappa shape index (κ3) is 5.77. The zero-order valence-corrected chi connectivity index (χ0v) is 18.8. The van der Waals surface area contributed by atoms with Gasteiger partial charge in [-0.3, -0.25) is 4.79 Å². The van der Waals surface area contributed by atoms with Gasteiger partial charge in [0.05, 0.1) is 5.75 Å². The summed E-state index contributed by atoms with van der Waals surface area (Å²) in [7, 11) is 0. The van der Waals surface area contributed by atoms with Crippen LogP contribution in [0.4, 0.5) is 5.69 Å². The van der Waals surface area contributed by atoms with Crippen molar-refractivity contribution >= 4 is 35.0 Å². The Labute approximate surface area is 186 Å². The van der Waals surface area contributed by atoms with Crippen LogP contribution in [0.3, 0.4) is 0 Å². The first-order valence-corrected chi connectivity index (χ1v) is 11.2. The van der Waals surface area contributed by atoms with Crippen LogP contribution in [0.15, 0.2) is 53.7 Å². The summed E-state index contributed by atoms with van der Waals surface area (Å²) >= 11 is 7.26. The van der Waals surface area contributed by atoms with E-state index in [0.29, 0.717) is 34.2 Å². The molecule has 0 aliphatic rings. The van der Waals surface area contributed by atoms with Gasteiger partial charge >= 0.3 is 0 Å². The van der Waals surface area contributed by atoms with Crippen molar-refractivity contribution in [1.29, 1.82) is 0 Å². The molecule has 158 valence electrons. The number of hydrogen-bond acceptors (Lipinski definition) is 5. The van der Waals surface area contributed by atoms with Gasteiger partial charge in [0.25, 0.3) is 0 Å². The Bertz CT molecular complexity index is 989. The Kier molecular flexibility index (Phi) is 7.76. The van der Waals surface area contributed by atoms with Gasteiger partial charge in [-0.25, -0.2) is 0 Å². The number of para-hydroxylation sites is 1. The van der Waals surface area contributed by atoms with Gasteiger partial charge in [-0.2, -0.15) is 0 Å². The van der Waals surface area contributed by atoms with Crippen LogP contribution in [-0.2, 0) is 17.9 Å². The van der Waals surface area contributed by atoms with Crippen molar-refractivity contribution < 1.29 is 9.53 Å². The summed E-state index contributed by atoms with van der Waals surface area (Å²) in [4.78, 5) is 12.5. The van der Waals surface area contributed by atoms with Crippen LogP contribution in [0.2, 0.25) is 5.02 Å². The lowest BCUT2D eigenvalue weighted by molar-refractivity contribution is -0.113. The van der Waals surface area contributed by atoms with Crippen molar-refractivity contribution in [3.05, 3.63) is 64.9 Å². The molecule has 0 fully saturated rings. The normalized spacial score (nSPS) is 11.0. The maximum atomic E-state index is 12.5. The quantitative estimate of drug-likeness (QED) is 0.448. The van der Waals surface area contributed by atoms with Crippen molar-refractivity contribution in [1.82, 2.24) is 14.8 Å². The number of hydrogen-bond donors (Lipinski definition) is 1. The molecule has 0 atom stereocenters. The molecule has 1 aromatic heterocycles. The second-order valence-corrected chi connectivity index (χ2v) is 8.34. The first kappa shape index (κ1) is 22.2. The Morgan fingerprint density at radius 3 is 2.60 bits per heavy atom. The predicted octanol–water partition coefficient (Wildman–Crippen LogP) is 5.38. The first-order chi connectivity index (χ1) is 14.5. The zero-order valence-electron chi connectivity index (χ0n) is 17.3. The van der Waals surface area contributed by atoms with E-state index < -0.39 is 0 Å². The van der Waals surface area contributed by atoms with Crippen LogP contribution in [-0.4, -0.2) is 26.4 Å². The van der Waals surface area contributed by atoms with Gasteiger partial charge in [0, 0.05) is 17.3 Å². The van der Waals surface area contributed by atoms with Gasteiger partial charge in [0.15, 0.2) is 11.0 Å². The lowest BCUT2D eigenvalue weighted by atomic mass is 10.0. The summed E-state index contributed by atoms with van der Waals surface area (Å²) in [5.74, 6) is 1.93. The maximum absolute atomic E-state index is 12.5. The summed E-state index contributed by atoms with van der Waals surface area (Å²) in [5, 5.41) is 12.8. The fourth-order valence-electron chi connectivity index (χ4n) is 2.96. The Morgan fingerprint density at radius 2 is 1.90 bits per heavy atom. The second-order valence-electron chi connectivity index (χ2n) is 6.96. The summed E-state index contributed by atoms with van der Waals surface area (Å²) in [6, 6.07) is 15.0. The maximum Gasteiger partial charge on any atom is 0.234 e. The van der Waals surface area contributed by atoms with Gasteiger partial charge in [0.1, 0.15) is 12.4 Å². The van der Waals surface area contributed by atoms with E-state index >= 15 is 0 Å². The molecule has 0 saturated heterocycles. The number of aromatic nitrogens is 3. The molecule has 0 unspecified atom stereocenters. The van der Waals surface area contributed by atoms with E-state index in [2.05, 4.69) is 29.4 Å². The lowest BCUT2D eigenvalue weighted by Crippen LogP contribution is -2.16. The Balaban J connectivity index is 1.59. The van der Waals surface area contributed by atoms with Gasteiger partial charge < -0.3 is 14.6 Å². The number of carbonyl (C=O) groups is 1. The molecule has 0 spiro atoms. The standard InChI is InChI=1S/C22H25ClN4O2S/c1-4-27-20(13-29-17-11-9-16(23)10-12-17)25-26-22(27)30-14-21(28)24-19-8-6-5-7-18(19)15(2)3/h5-12,15H,4,13-14H2,1-3H3,(H,24,28). The molecular weight excluding hydrogens is 420 g/mol. The molecule has 0 radical (unpaired) electrons. The van der Waals surface area contributed by atoms with Gasteiger partial charge in [0.2, 0.25) is 5.91 Å². The molecule has 3 aromatic rings. The van der Waals surface area contributed by atoms with E-state index in [-0.39, 0.29) is 18.3 Å². The minimum Gasteiger partial charge on any atom is -0.486 e. The van der Waals surface area contributed by atoms with E-state index in [9.17, 15) is 4.79 Å². The summed E-state index contributed by atoms with van der Waals surface area (Å²) in [5.41, 5.74) is 1.97. The minimum atomic E-state index is -0.0716. The highest BCUT2D eigenvalue weighted by Crippen LogP contribution is 2.25. The van der Waals surface area contributed by atoms with Crippen molar-refractivity contribution in [2.24, 2.45) is 0 Å². The summed E-state index contributed by atoms with van der Waals surface area (Å²) in [6.45, 7) is 7.20. The van der Waals surface area contributed by atoms with Crippen LogP contribution in [0, 0.1) is 0 Å². The smallest absolute Gasteiger partial charge is 0.234 e. The molecule has 1 amide bonds. The van der Waals surface area contributed by atoms with Crippen LogP contribution in [0.25, 0.3) is 0 Å². The number of carbonyl (C=O) groups excluding carboxylic acids is 1. The lowest BCUT2D eigenvalue weighted by Gasteiger charge is -2.13. The molecule has 6 nitrogen and oxygen atoms in total. The SMILES string of the molecule is CCn1c(COc2ccc(Cl)cc2)nnc1SCC(=O)Nc1ccccc1C(C)C. The van der Waals surface area contributed by atoms with E-state index in [1.54, 1.807) is 12.1 Å². The minimum absolute atomic E-state index is 0.0716. The zero-order chi connectivity index (χ0) is 21.5. The van der Waals surface area contributed by atoms with Crippen LogP contribution in [0.1, 0.15) is 38.1 Å². The highest BCUT2D eigenvalue weighted by molar-refractivity contribution is 7.99. The molecule has 2 aromatic carbocycles. The first-order valence-electron chi connectivity index (χ1n) is 9.80. The van der Waals surface area contributed by atoms with Crippen molar-refractivity contribution in [2.75, 3.05) is 11.1 Å². The monoisotopic (exact) mass is 444 g/mol. The summed E-state index contributed by atoms with van der Waals surface area (Å²) < 4.78 is 7.73. The van der Waals surface area contributed by atoms with E-state index in [4.69, 9.17) is 16.3 Å². The fraction of sp³-hybridized carbons (Fsp3) is 0.318. The van der Waals surface area contributed by atoms with E-state index in [0.717, 1.165) is 11.3 Å².